The van der Waals surface area contributed by atoms with Crippen molar-refractivity contribution >= 4 is 33.2 Å². The number of ether oxygens (including phenoxy) is 1. The lowest BCUT2D eigenvalue weighted by atomic mass is 10.2. The number of nitrogens with two attached hydrogens (primary N) is 1. The number of aryl methyl sites for hydroxylation is 1. The van der Waals surface area contributed by atoms with Gasteiger partial charge in [0.05, 0.1) is 10.6 Å². The third-order valence-electron chi connectivity index (χ3n) is 4.68. The molecule has 0 atom stereocenters. The highest BCUT2D eigenvalue weighted by atomic mass is 32.2. The van der Waals surface area contributed by atoms with Crippen molar-refractivity contribution in [3.05, 3.63) is 53.5 Å². The van der Waals surface area contributed by atoms with Crippen LogP contribution < -0.4 is 10.0 Å². The van der Waals surface area contributed by atoms with Gasteiger partial charge in [-0.25, -0.2) is 27.9 Å². The fourth-order valence-corrected chi connectivity index (χ4v) is 3.89. The summed E-state index contributed by atoms with van der Waals surface area (Å²) in [5.41, 5.74) is 2.27. The molecule has 0 radical (unpaired) electrons. The normalized spacial score (nSPS) is 13.5. The van der Waals surface area contributed by atoms with Crippen LogP contribution >= 0.6 is 0 Å². The molecule has 0 saturated carbocycles. The molecule has 0 saturated heterocycles. The number of nitrogens with zero attached hydrogens (tertiary/aromatic N) is 4. The molecule has 0 aliphatic carbocycles. The Morgan fingerprint density at radius 1 is 1.31 bits per heavy atom. The molecule has 3 aromatic rings. The van der Waals surface area contributed by atoms with Crippen LogP contribution in [0.4, 0.5) is 5.69 Å². The Kier molecular flexibility index (Phi) is 4.55. The number of sulfonamides is 1. The van der Waals surface area contributed by atoms with Crippen LogP contribution in [0.15, 0.2) is 41.6 Å². The van der Waals surface area contributed by atoms with E-state index >= 15 is 0 Å². The number of primary sulfonamides is 1. The Morgan fingerprint density at radius 2 is 2.10 bits per heavy atom. The number of carbonyl (C=O) groups is 2. The monoisotopic (exact) mass is 415 g/mol. The number of benzene rings is 1. The van der Waals surface area contributed by atoms with Gasteiger partial charge >= 0.3 is 5.97 Å². The largest absolute Gasteiger partial charge is 0.452 e. The first-order valence-corrected chi connectivity index (χ1v) is 10.2. The van der Waals surface area contributed by atoms with Crippen LogP contribution in [0.1, 0.15) is 21.6 Å². The number of rotatable bonds is 4. The maximum absolute atomic E-state index is 12.6. The minimum atomic E-state index is -3.82. The molecule has 0 fully saturated rings. The van der Waals surface area contributed by atoms with Crippen molar-refractivity contribution in [3.8, 4) is 0 Å². The lowest BCUT2D eigenvalue weighted by Crippen LogP contribution is -2.33. The second-order valence-corrected chi connectivity index (χ2v) is 8.12. The number of amides is 1. The average Bonchev–Trinajstić information content (AvgIpc) is 3.24. The fourth-order valence-electron chi connectivity index (χ4n) is 3.33. The molecule has 1 aliphatic rings. The number of hydrogen-bond acceptors (Lipinski definition) is 7. The highest BCUT2D eigenvalue weighted by Gasteiger charge is 2.28. The molecule has 1 amide bonds. The Bertz CT molecular complexity index is 1250. The van der Waals surface area contributed by atoms with Gasteiger partial charge in [0, 0.05) is 24.6 Å². The molecule has 2 N–H and O–H groups in total. The Labute approximate surface area is 165 Å². The predicted octanol–water partition coefficient (Wildman–Crippen LogP) is 0.431. The van der Waals surface area contributed by atoms with Crippen molar-refractivity contribution in [2.24, 2.45) is 5.14 Å². The maximum atomic E-state index is 12.6. The second kappa shape index (κ2) is 6.94. The van der Waals surface area contributed by atoms with E-state index in [0.29, 0.717) is 35.6 Å². The number of anilines is 1. The number of aromatic nitrogens is 3. The van der Waals surface area contributed by atoms with E-state index < -0.39 is 28.5 Å². The average molecular weight is 415 g/mol. The van der Waals surface area contributed by atoms with Crippen LogP contribution in [0.5, 0.6) is 0 Å². The van der Waals surface area contributed by atoms with Gasteiger partial charge in [-0.2, -0.15) is 5.10 Å². The minimum Gasteiger partial charge on any atom is -0.452 e. The SMILES string of the molecule is Cc1nn2cccnc2c1C(=O)OCC(=O)N1CCc2cc(S(N)(=O)=O)ccc21. The predicted molar refractivity (Wildman–Crippen MR) is 102 cm³/mol. The molecule has 1 aromatic carbocycles. The van der Waals surface area contributed by atoms with E-state index in [4.69, 9.17) is 9.88 Å². The molecular formula is C18H17N5O5S. The molecule has 0 unspecified atom stereocenters. The van der Waals surface area contributed by atoms with Gasteiger partial charge < -0.3 is 9.64 Å². The van der Waals surface area contributed by atoms with E-state index in [1.54, 1.807) is 19.2 Å². The summed E-state index contributed by atoms with van der Waals surface area (Å²) in [6, 6.07) is 6.02. The molecule has 0 spiro atoms. The Morgan fingerprint density at radius 3 is 2.86 bits per heavy atom. The van der Waals surface area contributed by atoms with Crippen LogP contribution in [0, 0.1) is 6.92 Å². The molecule has 150 valence electrons. The van der Waals surface area contributed by atoms with Crippen molar-refractivity contribution in [1.82, 2.24) is 14.6 Å². The van der Waals surface area contributed by atoms with Gasteiger partial charge in [-0.1, -0.05) is 0 Å². The first-order valence-electron chi connectivity index (χ1n) is 8.69. The van der Waals surface area contributed by atoms with E-state index in [0.717, 1.165) is 0 Å². The highest BCUT2D eigenvalue weighted by Crippen LogP contribution is 2.30. The molecule has 11 heteroatoms. The second-order valence-electron chi connectivity index (χ2n) is 6.56. The minimum absolute atomic E-state index is 0.00645. The summed E-state index contributed by atoms with van der Waals surface area (Å²) >= 11 is 0. The summed E-state index contributed by atoms with van der Waals surface area (Å²) in [4.78, 5) is 30.7. The van der Waals surface area contributed by atoms with Crippen molar-refractivity contribution < 1.29 is 22.7 Å². The van der Waals surface area contributed by atoms with Crippen molar-refractivity contribution in [2.75, 3.05) is 18.1 Å². The number of hydrogen-bond donors (Lipinski definition) is 1. The number of fused-ring (bicyclic) bond motifs is 2. The Balaban J connectivity index is 1.49. The van der Waals surface area contributed by atoms with Gasteiger partial charge in [-0.3, -0.25) is 4.79 Å². The van der Waals surface area contributed by atoms with Crippen molar-refractivity contribution in [3.63, 3.8) is 0 Å². The van der Waals surface area contributed by atoms with Gasteiger partial charge in [0.15, 0.2) is 12.3 Å². The zero-order valence-corrected chi connectivity index (χ0v) is 16.2. The number of carbonyl (C=O) groups excluding carboxylic acids is 2. The molecule has 29 heavy (non-hydrogen) atoms. The lowest BCUT2D eigenvalue weighted by molar-refractivity contribution is -0.121. The van der Waals surface area contributed by atoms with Gasteiger partial charge in [0.2, 0.25) is 10.0 Å². The van der Waals surface area contributed by atoms with Gasteiger partial charge in [0.1, 0.15) is 5.56 Å². The standard InChI is InChI=1S/C18H17N5O5S/c1-11-16(17-20-6-2-7-23(17)21-11)18(25)28-10-15(24)22-8-5-12-9-13(29(19,26)27)3-4-14(12)22/h2-4,6-7,9H,5,8,10H2,1H3,(H2,19,26,27). The lowest BCUT2D eigenvalue weighted by Gasteiger charge is -2.17. The molecule has 1 aliphatic heterocycles. The summed E-state index contributed by atoms with van der Waals surface area (Å²) in [5.74, 6) is -1.10. The molecular weight excluding hydrogens is 398 g/mol. The van der Waals surface area contributed by atoms with Crippen LogP contribution in [0.2, 0.25) is 0 Å². The van der Waals surface area contributed by atoms with E-state index in [-0.39, 0.29) is 10.5 Å². The molecule has 0 bridgehead atoms. The third-order valence-corrected chi connectivity index (χ3v) is 5.59. The summed E-state index contributed by atoms with van der Waals surface area (Å²) in [6.45, 7) is 1.56. The van der Waals surface area contributed by atoms with Gasteiger partial charge in [-0.05, 0) is 43.2 Å². The van der Waals surface area contributed by atoms with Gasteiger partial charge in [0.25, 0.3) is 5.91 Å². The molecule has 3 heterocycles. The quantitative estimate of drug-likeness (QED) is 0.610. The zero-order chi connectivity index (χ0) is 20.8. The zero-order valence-electron chi connectivity index (χ0n) is 15.4. The first kappa shape index (κ1) is 19.0. The highest BCUT2D eigenvalue weighted by molar-refractivity contribution is 7.89. The summed E-state index contributed by atoms with van der Waals surface area (Å²) in [5, 5.41) is 9.34. The summed E-state index contributed by atoms with van der Waals surface area (Å²) in [6.07, 6.45) is 3.68. The van der Waals surface area contributed by atoms with E-state index in [1.807, 2.05) is 0 Å². The van der Waals surface area contributed by atoms with Gasteiger partial charge in [-0.15, -0.1) is 0 Å². The topological polar surface area (TPSA) is 137 Å². The fraction of sp³-hybridized carbons (Fsp3) is 0.222. The van der Waals surface area contributed by atoms with E-state index in [1.165, 1.54) is 33.8 Å². The maximum Gasteiger partial charge on any atom is 0.344 e. The van der Waals surface area contributed by atoms with Crippen LogP contribution in [0.25, 0.3) is 5.65 Å². The third kappa shape index (κ3) is 3.45. The van der Waals surface area contributed by atoms with Crippen LogP contribution in [-0.2, 0) is 26.0 Å². The Hall–Kier alpha value is -3.31. The van der Waals surface area contributed by atoms with Crippen molar-refractivity contribution in [2.45, 2.75) is 18.2 Å². The van der Waals surface area contributed by atoms with E-state index in [2.05, 4.69) is 10.1 Å². The van der Waals surface area contributed by atoms with E-state index in [9.17, 15) is 18.0 Å². The van der Waals surface area contributed by atoms with Crippen LogP contribution in [0.3, 0.4) is 0 Å². The smallest absolute Gasteiger partial charge is 0.344 e. The molecule has 10 nitrogen and oxygen atoms in total. The molecule has 2 aromatic heterocycles. The summed E-state index contributed by atoms with van der Waals surface area (Å²) < 4.78 is 29.6. The first-order chi connectivity index (χ1) is 13.8. The summed E-state index contributed by atoms with van der Waals surface area (Å²) in [7, 11) is -3.82. The van der Waals surface area contributed by atoms with Crippen molar-refractivity contribution in [1.29, 1.82) is 0 Å². The number of esters is 1. The molecule has 4 rings (SSSR count). The van der Waals surface area contributed by atoms with Crippen LogP contribution in [-0.4, -0.2) is 48.0 Å².